The van der Waals surface area contributed by atoms with Gasteiger partial charge in [-0.2, -0.15) is 0 Å². The van der Waals surface area contributed by atoms with Gasteiger partial charge in [0, 0.05) is 24.3 Å². The van der Waals surface area contributed by atoms with E-state index >= 15 is 0 Å². The summed E-state index contributed by atoms with van der Waals surface area (Å²) < 4.78 is 7.30. The second-order valence-corrected chi connectivity index (χ2v) is 6.29. The second-order valence-electron chi connectivity index (χ2n) is 6.29. The largest absolute Gasteiger partial charge is 0.376 e. The van der Waals surface area contributed by atoms with E-state index in [1.807, 2.05) is 42.5 Å². The first-order valence-corrected chi connectivity index (χ1v) is 8.77. The van der Waals surface area contributed by atoms with Crippen LogP contribution in [0.15, 0.2) is 60.8 Å². The molecule has 1 N–H and O–H groups in total. The molecule has 3 aromatic rings. The van der Waals surface area contributed by atoms with Crippen molar-refractivity contribution in [3.63, 3.8) is 0 Å². The molecule has 0 spiro atoms. The van der Waals surface area contributed by atoms with Gasteiger partial charge in [0.15, 0.2) is 0 Å². The topological polar surface area (TPSA) is 69.0 Å². The third-order valence-electron chi connectivity index (χ3n) is 4.51. The molecule has 0 aliphatic carbocycles. The third kappa shape index (κ3) is 3.50. The van der Waals surface area contributed by atoms with Crippen LogP contribution >= 0.6 is 0 Å². The molecule has 1 amide bonds. The summed E-state index contributed by atoms with van der Waals surface area (Å²) in [5, 5.41) is 11.1. The SMILES string of the molecule is O=C(NCC1CCCO1)c1ccc(-n2nncc2-c2ccccc2)cc1. The maximum Gasteiger partial charge on any atom is 0.251 e. The van der Waals surface area contributed by atoms with Gasteiger partial charge in [-0.05, 0) is 37.1 Å². The van der Waals surface area contributed by atoms with Crippen LogP contribution in [-0.4, -0.2) is 40.2 Å². The molecule has 6 nitrogen and oxygen atoms in total. The van der Waals surface area contributed by atoms with Crippen LogP contribution in [0, 0.1) is 0 Å². The normalized spacial score (nSPS) is 16.5. The number of amides is 1. The lowest BCUT2D eigenvalue weighted by atomic mass is 10.1. The van der Waals surface area contributed by atoms with Crippen molar-refractivity contribution in [3.8, 4) is 16.9 Å². The van der Waals surface area contributed by atoms with Crippen LogP contribution in [0.25, 0.3) is 16.9 Å². The predicted molar refractivity (Wildman–Crippen MR) is 98.1 cm³/mol. The summed E-state index contributed by atoms with van der Waals surface area (Å²) in [6.07, 6.45) is 3.95. The molecule has 4 rings (SSSR count). The van der Waals surface area contributed by atoms with Gasteiger partial charge in [0.1, 0.15) is 0 Å². The van der Waals surface area contributed by atoms with Gasteiger partial charge in [0.05, 0.1) is 23.7 Å². The monoisotopic (exact) mass is 348 g/mol. The molecule has 6 heteroatoms. The summed E-state index contributed by atoms with van der Waals surface area (Å²) in [4.78, 5) is 12.3. The second kappa shape index (κ2) is 7.49. The third-order valence-corrected chi connectivity index (χ3v) is 4.51. The van der Waals surface area contributed by atoms with E-state index in [1.54, 1.807) is 23.0 Å². The van der Waals surface area contributed by atoms with Gasteiger partial charge in [-0.1, -0.05) is 35.5 Å². The lowest BCUT2D eigenvalue weighted by molar-refractivity contribution is 0.0858. The first-order chi connectivity index (χ1) is 12.8. The fraction of sp³-hybridized carbons (Fsp3) is 0.250. The van der Waals surface area contributed by atoms with Gasteiger partial charge in [-0.15, -0.1) is 5.10 Å². The summed E-state index contributed by atoms with van der Waals surface area (Å²) in [5.74, 6) is -0.0890. The van der Waals surface area contributed by atoms with Crippen molar-refractivity contribution in [2.45, 2.75) is 18.9 Å². The van der Waals surface area contributed by atoms with Crippen LogP contribution in [0.1, 0.15) is 23.2 Å². The van der Waals surface area contributed by atoms with E-state index in [9.17, 15) is 4.79 Å². The average Bonchev–Trinajstić information content (AvgIpc) is 3.39. The van der Waals surface area contributed by atoms with Gasteiger partial charge >= 0.3 is 0 Å². The number of aromatic nitrogens is 3. The number of carbonyl (C=O) groups is 1. The molecule has 1 aliphatic heterocycles. The molecule has 1 aliphatic rings. The fourth-order valence-corrected chi connectivity index (χ4v) is 3.10. The number of rotatable bonds is 5. The lowest BCUT2D eigenvalue weighted by Crippen LogP contribution is -2.31. The summed E-state index contributed by atoms with van der Waals surface area (Å²) in [6, 6.07) is 17.3. The van der Waals surface area contributed by atoms with E-state index in [0.29, 0.717) is 12.1 Å². The number of ether oxygens (including phenoxy) is 1. The minimum atomic E-state index is -0.0890. The molecule has 2 heterocycles. The number of hydrogen-bond donors (Lipinski definition) is 1. The first kappa shape index (κ1) is 16.5. The standard InChI is InChI=1S/C20H20N4O2/c25-20(21-13-18-7-4-12-26-18)16-8-10-17(11-9-16)24-19(14-22-23-24)15-5-2-1-3-6-15/h1-3,5-6,8-11,14,18H,4,7,12-13H2,(H,21,25). The zero-order valence-corrected chi connectivity index (χ0v) is 14.3. The Morgan fingerprint density at radius 2 is 1.96 bits per heavy atom. The number of benzene rings is 2. The van der Waals surface area contributed by atoms with E-state index in [1.165, 1.54) is 0 Å². The molecular formula is C20H20N4O2. The van der Waals surface area contributed by atoms with E-state index in [4.69, 9.17) is 4.74 Å². The van der Waals surface area contributed by atoms with Crippen LogP contribution in [0.5, 0.6) is 0 Å². The zero-order chi connectivity index (χ0) is 17.8. The molecule has 1 fully saturated rings. The Kier molecular flexibility index (Phi) is 4.75. The van der Waals surface area contributed by atoms with Gasteiger partial charge in [0.25, 0.3) is 5.91 Å². The summed E-state index contributed by atoms with van der Waals surface area (Å²) in [6.45, 7) is 1.35. The van der Waals surface area contributed by atoms with Crippen LogP contribution in [-0.2, 0) is 4.74 Å². The van der Waals surface area contributed by atoms with Gasteiger partial charge in [-0.25, -0.2) is 4.68 Å². The minimum absolute atomic E-state index is 0.0890. The molecule has 1 atom stereocenters. The molecule has 0 radical (unpaired) electrons. The number of nitrogens with one attached hydrogen (secondary N) is 1. The van der Waals surface area contributed by atoms with Crippen molar-refractivity contribution in [1.82, 2.24) is 20.3 Å². The van der Waals surface area contributed by atoms with Crippen molar-refractivity contribution < 1.29 is 9.53 Å². The zero-order valence-electron chi connectivity index (χ0n) is 14.3. The Bertz CT molecular complexity index is 868. The van der Waals surface area contributed by atoms with E-state index in [2.05, 4.69) is 15.6 Å². The quantitative estimate of drug-likeness (QED) is 0.770. The van der Waals surface area contributed by atoms with Crippen LogP contribution in [0.2, 0.25) is 0 Å². The number of nitrogens with zero attached hydrogens (tertiary/aromatic N) is 3. The Morgan fingerprint density at radius 1 is 1.15 bits per heavy atom. The van der Waals surface area contributed by atoms with E-state index in [0.717, 1.165) is 36.4 Å². The maximum absolute atomic E-state index is 12.3. The van der Waals surface area contributed by atoms with Gasteiger partial charge < -0.3 is 10.1 Å². The summed E-state index contributed by atoms with van der Waals surface area (Å²) in [7, 11) is 0. The van der Waals surface area contributed by atoms with Crippen molar-refractivity contribution in [3.05, 3.63) is 66.4 Å². The number of hydrogen-bond acceptors (Lipinski definition) is 4. The Morgan fingerprint density at radius 3 is 2.69 bits per heavy atom. The van der Waals surface area contributed by atoms with Crippen molar-refractivity contribution in [1.29, 1.82) is 0 Å². The Hall–Kier alpha value is -2.99. The Balaban J connectivity index is 1.48. The fourth-order valence-electron chi connectivity index (χ4n) is 3.10. The van der Waals surface area contributed by atoms with Gasteiger partial charge in [-0.3, -0.25) is 4.79 Å². The molecule has 1 saturated heterocycles. The molecule has 132 valence electrons. The maximum atomic E-state index is 12.3. The Labute approximate surface area is 151 Å². The van der Waals surface area contributed by atoms with Crippen LogP contribution < -0.4 is 5.32 Å². The van der Waals surface area contributed by atoms with Crippen molar-refractivity contribution >= 4 is 5.91 Å². The highest BCUT2D eigenvalue weighted by Crippen LogP contribution is 2.21. The molecule has 0 bridgehead atoms. The molecule has 1 aromatic heterocycles. The highest BCUT2D eigenvalue weighted by Gasteiger charge is 2.17. The number of carbonyl (C=O) groups excluding carboxylic acids is 1. The van der Waals surface area contributed by atoms with E-state index < -0.39 is 0 Å². The highest BCUT2D eigenvalue weighted by molar-refractivity contribution is 5.94. The molecule has 26 heavy (non-hydrogen) atoms. The molecular weight excluding hydrogens is 328 g/mol. The smallest absolute Gasteiger partial charge is 0.251 e. The average molecular weight is 348 g/mol. The minimum Gasteiger partial charge on any atom is -0.376 e. The first-order valence-electron chi connectivity index (χ1n) is 8.77. The molecule has 1 unspecified atom stereocenters. The summed E-state index contributed by atoms with van der Waals surface area (Å²) in [5.41, 5.74) is 3.42. The van der Waals surface area contributed by atoms with Crippen molar-refractivity contribution in [2.75, 3.05) is 13.2 Å². The molecule has 2 aromatic carbocycles. The highest BCUT2D eigenvalue weighted by atomic mass is 16.5. The van der Waals surface area contributed by atoms with E-state index in [-0.39, 0.29) is 12.0 Å². The molecule has 0 saturated carbocycles. The van der Waals surface area contributed by atoms with Crippen LogP contribution in [0.3, 0.4) is 0 Å². The lowest BCUT2D eigenvalue weighted by Gasteiger charge is -2.11. The summed E-state index contributed by atoms with van der Waals surface area (Å²) >= 11 is 0. The van der Waals surface area contributed by atoms with Crippen LogP contribution in [0.4, 0.5) is 0 Å². The van der Waals surface area contributed by atoms with Gasteiger partial charge in [0.2, 0.25) is 0 Å². The predicted octanol–water partition coefficient (Wildman–Crippen LogP) is 2.84. The van der Waals surface area contributed by atoms with Crippen molar-refractivity contribution in [2.24, 2.45) is 0 Å².